The third-order valence-corrected chi connectivity index (χ3v) is 3.67. The molecule has 0 heterocycles. The predicted octanol–water partition coefficient (Wildman–Crippen LogP) is 4.00. The Hall–Kier alpha value is -1.22. The predicted molar refractivity (Wildman–Crippen MR) is 70.5 cm³/mol. The summed E-state index contributed by atoms with van der Waals surface area (Å²) in [7, 11) is 0. The highest BCUT2D eigenvalue weighted by molar-refractivity contribution is 6.32. The third kappa shape index (κ3) is 2.96. The maximum absolute atomic E-state index is 11.1. The number of ether oxygens (including phenoxy) is 1. The lowest BCUT2D eigenvalue weighted by Crippen LogP contribution is -2.25. The van der Waals surface area contributed by atoms with E-state index in [1.54, 1.807) is 12.1 Å². The second kappa shape index (κ2) is 5.61. The quantitative estimate of drug-likeness (QED) is 0.901. The molecule has 1 N–H and O–H groups in total. The maximum Gasteiger partial charge on any atom is 0.339 e. The first-order chi connectivity index (χ1) is 8.58. The largest absolute Gasteiger partial charge is 0.488 e. The molecule has 2 rings (SSSR count). The second-order valence-electron chi connectivity index (χ2n) is 4.93. The number of carboxylic acids is 1. The number of para-hydroxylation sites is 1. The Bertz CT molecular complexity index is 445. The van der Waals surface area contributed by atoms with Crippen LogP contribution in [0.15, 0.2) is 18.2 Å². The lowest BCUT2D eigenvalue weighted by Gasteiger charge is -2.28. The van der Waals surface area contributed by atoms with Gasteiger partial charge in [0.1, 0.15) is 5.56 Å². The van der Waals surface area contributed by atoms with Gasteiger partial charge in [0, 0.05) is 0 Å². The van der Waals surface area contributed by atoms with Crippen LogP contribution in [0.5, 0.6) is 5.75 Å². The molecule has 1 aromatic carbocycles. The number of aromatic carboxylic acids is 1. The van der Waals surface area contributed by atoms with E-state index in [4.69, 9.17) is 21.4 Å². The number of hydrogen-bond donors (Lipinski definition) is 1. The van der Waals surface area contributed by atoms with Gasteiger partial charge in [0.05, 0.1) is 11.1 Å². The summed E-state index contributed by atoms with van der Waals surface area (Å²) in [5.74, 6) is -0.0679. The van der Waals surface area contributed by atoms with Gasteiger partial charge in [-0.05, 0) is 37.3 Å². The second-order valence-corrected chi connectivity index (χ2v) is 5.34. The van der Waals surface area contributed by atoms with Gasteiger partial charge in [-0.3, -0.25) is 0 Å². The maximum atomic E-state index is 11.1. The van der Waals surface area contributed by atoms with Crippen LogP contribution < -0.4 is 4.74 Å². The summed E-state index contributed by atoms with van der Waals surface area (Å²) in [6, 6.07) is 4.81. The van der Waals surface area contributed by atoms with Crippen LogP contribution in [-0.2, 0) is 0 Å². The van der Waals surface area contributed by atoms with E-state index in [-0.39, 0.29) is 11.7 Å². The van der Waals surface area contributed by atoms with Crippen LogP contribution in [0.2, 0.25) is 5.02 Å². The van der Waals surface area contributed by atoms with Crippen molar-refractivity contribution in [2.45, 2.75) is 38.7 Å². The molecule has 0 radical (unpaired) electrons. The fourth-order valence-electron chi connectivity index (χ4n) is 2.45. The molecular formula is C14H17ClO3. The monoisotopic (exact) mass is 268 g/mol. The summed E-state index contributed by atoms with van der Waals surface area (Å²) in [5, 5.41) is 9.50. The van der Waals surface area contributed by atoms with Crippen molar-refractivity contribution in [1.29, 1.82) is 0 Å². The Kier molecular flexibility index (Phi) is 4.12. The van der Waals surface area contributed by atoms with E-state index in [2.05, 4.69) is 6.92 Å². The normalized spacial score (nSPS) is 23.7. The third-order valence-electron chi connectivity index (χ3n) is 3.37. The fraction of sp³-hybridized carbons (Fsp3) is 0.500. The van der Waals surface area contributed by atoms with E-state index >= 15 is 0 Å². The summed E-state index contributed by atoms with van der Waals surface area (Å²) in [6.07, 6.45) is 4.35. The molecule has 1 aromatic rings. The standard InChI is InChI=1S/C14H17ClO3/c1-9-4-2-5-10(8-9)18-13-11(14(16)17)6-3-7-12(13)15/h3,6-7,9-10H,2,4-5,8H2,1H3,(H,16,17). The van der Waals surface area contributed by atoms with Crippen LogP contribution in [0.4, 0.5) is 0 Å². The number of carbonyl (C=O) groups is 1. The molecule has 0 saturated heterocycles. The van der Waals surface area contributed by atoms with Crippen molar-refractivity contribution in [3.05, 3.63) is 28.8 Å². The van der Waals surface area contributed by atoms with Crippen LogP contribution >= 0.6 is 11.6 Å². The van der Waals surface area contributed by atoms with Gasteiger partial charge in [0.2, 0.25) is 0 Å². The summed E-state index contributed by atoms with van der Waals surface area (Å²) < 4.78 is 5.84. The Labute approximate surface area is 112 Å². The zero-order valence-electron chi connectivity index (χ0n) is 10.4. The summed E-state index contributed by atoms with van der Waals surface area (Å²) >= 11 is 6.04. The molecule has 18 heavy (non-hydrogen) atoms. The first-order valence-corrected chi connectivity index (χ1v) is 6.64. The summed E-state index contributed by atoms with van der Waals surface area (Å²) in [6.45, 7) is 2.19. The number of carboxylic acid groups (broad SMARTS) is 1. The average molecular weight is 269 g/mol. The fourth-order valence-corrected chi connectivity index (χ4v) is 2.67. The Balaban J connectivity index is 2.20. The van der Waals surface area contributed by atoms with Crippen LogP contribution in [0.3, 0.4) is 0 Å². The molecule has 98 valence electrons. The number of halogens is 1. The van der Waals surface area contributed by atoms with Gasteiger partial charge in [-0.15, -0.1) is 0 Å². The van der Waals surface area contributed by atoms with E-state index in [1.807, 2.05) is 0 Å². The van der Waals surface area contributed by atoms with Crippen molar-refractivity contribution < 1.29 is 14.6 Å². The molecule has 2 unspecified atom stereocenters. The Morgan fingerprint density at radius 1 is 1.44 bits per heavy atom. The number of hydrogen-bond acceptors (Lipinski definition) is 2. The van der Waals surface area contributed by atoms with Crippen molar-refractivity contribution >= 4 is 17.6 Å². The topological polar surface area (TPSA) is 46.5 Å². The van der Waals surface area contributed by atoms with E-state index in [0.717, 1.165) is 19.3 Å². The SMILES string of the molecule is CC1CCCC(Oc2c(Cl)cccc2C(=O)O)C1. The van der Waals surface area contributed by atoms with Crippen LogP contribution in [0.25, 0.3) is 0 Å². The number of benzene rings is 1. The molecule has 0 aliphatic heterocycles. The Morgan fingerprint density at radius 2 is 2.22 bits per heavy atom. The molecule has 1 saturated carbocycles. The zero-order valence-corrected chi connectivity index (χ0v) is 11.1. The lowest BCUT2D eigenvalue weighted by molar-refractivity contribution is 0.0683. The van der Waals surface area contributed by atoms with Gasteiger partial charge < -0.3 is 9.84 Å². The summed E-state index contributed by atoms with van der Waals surface area (Å²) in [4.78, 5) is 11.1. The molecule has 2 atom stereocenters. The van der Waals surface area contributed by atoms with Crippen molar-refractivity contribution in [3.63, 3.8) is 0 Å². The van der Waals surface area contributed by atoms with E-state index in [0.29, 0.717) is 16.7 Å². The highest BCUT2D eigenvalue weighted by Crippen LogP contribution is 2.33. The van der Waals surface area contributed by atoms with Gasteiger partial charge in [0.25, 0.3) is 0 Å². The van der Waals surface area contributed by atoms with Crippen LogP contribution in [0, 0.1) is 5.92 Å². The smallest absolute Gasteiger partial charge is 0.339 e. The van der Waals surface area contributed by atoms with Crippen molar-refractivity contribution in [3.8, 4) is 5.75 Å². The van der Waals surface area contributed by atoms with Crippen LogP contribution in [-0.4, -0.2) is 17.2 Å². The molecule has 1 aliphatic carbocycles. The van der Waals surface area contributed by atoms with Gasteiger partial charge in [-0.1, -0.05) is 31.0 Å². The molecule has 0 aromatic heterocycles. The minimum absolute atomic E-state index is 0.0757. The van der Waals surface area contributed by atoms with E-state index in [1.165, 1.54) is 12.5 Å². The zero-order chi connectivity index (χ0) is 13.1. The lowest BCUT2D eigenvalue weighted by atomic mass is 9.88. The van der Waals surface area contributed by atoms with Crippen molar-refractivity contribution in [1.82, 2.24) is 0 Å². The average Bonchev–Trinajstić information content (AvgIpc) is 2.31. The summed E-state index contributed by atoms with van der Waals surface area (Å²) in [5.41, 5.74) is 0.140. The molecule has 4 heteroatoms. The highest BCUT2D eigenvalue weighted by atomic mass is 35.5. The van der Waals surface area contributed by atoms with Crippen molar-refractivity contribution in [2.24, 2.45) is 5.92 Å². The van der Waals surface area contributed by atoms with Gasteiger partial charge in [0.15, 0.2) is 5.75 Å². The van der Waals surface area contributed by atoms with Gasteiger partial charge in [-0.25, -0.2) is 4.79 Å². The minimum atomic E-state index is -1.00. The molecule has 0 spiro atoms. The molecule has 1 fully saturated rings. The molecule has 1 aliphatic rings. The van der Waals surface area contributed by atoms with Crippen molar-refractivity contribution in [2.75, 3.05) is 0 Å². The molecule has 3 nitrogen and oxygen atoms in total. The molecule has 0 bridgehead atoms. The molecule has 0 amide bonds. The first-order valence-electron chi connectivity index (χ1n) is 6.26. The minimum Gasteiger partial charge on any atom is -0.488 e. The van der Waals surface area contributed by atoms with Gasteiger partial charge >= 0.3 is 5.97 Å². The highest BCUT2D eigenvalue weighted by Gasteiger charge is 2.23. The van der Waals surface area contributed by atoms with Crippen LogP contribution in [0.1, 0.15) is 43.0 Å². The van der Waals surface area contributed by atoms with E-state index in [9.17, 15) is 4.79 Å². The van der Waals surface area contributed by atoms with Gasteiger partial charge in [-0.2, -0.15) is 0 Å². The van der Waals surface area contributed by atoms with E-state index < -0.39 is 5.97 Å². The molecular weight excluding hydrogens is 252 g/mol. The first kappa shape index (κ1) is 13.2. The Morgan fingerprint density at radius 3 is 2.89 bits per heavy atom. The number of rotatable bonds is 3.